The van der Waals surface area contributed by atoms with Crippen LogP contribution in [0.25, 0.3) is 0 Å². The summed E-state index contributed by atoms with van der Waals surface area (Å²) in [6.45, 7) is 12.7. The normalized spacial score (nSPS) is 13.9. The Kier molecular flexibility index (Phi) is 5.48. The molecule has 0 saturated heterocycles. The molecular formula is C17H25BrO3. The van der Waals surface area contributed by atoms with Crippen molar-refractivity contribution in [3.63, 3.8) is 0 Å². The Labute approximate surface area is 135 Å². The zero-order valence-electron chi connectivity index (χ0n) is 13.7. The number of carboxylic acid groups (broad SMARTS) is 1. The third kappa shape index (κ3) is 5.34. The van der Waals surface area contributed by atoms with E-state index in [9.17, 15) is 4.79 Å². The topological polar surface area (TPSA) is 46.5 Å². The van der Waals surface area contributed by atoms with Gasteiger partial charge in [0.1, 0.15) is 5.75 Å². The van der Waals surface area contributed by atoms with Gasteiger partial charge in [-0.25, -0.2) is 4.79 Å². The van der Waals surface area contributed by atoms with Gasteiger partial charge < -0.3 is 9.84 Å². The fourth-order valence-corrected chi connectivity index (χ4v) is 3.16. The first-order chi connectivity index (χ1) is 9.42. The number of hydrogen-bond acceptors (Lipinski definition) is 2. The Balaban J connectivity index is 2.99. The maximum atomic E-state index is 10.9. The van der Waals surface area contributed by atoms with Gasteiger partial charge in [0, 0.05) is 0 Å². The molecule has 0 saturated carbocycles. The molecule has 4 heteroatoms. The number of halogens is 1. The summed E-state index contributed by atoms with van der Waals surface area (Å²) in [5, 5.41) is 8.91. The highest BCUT2D eigenvalue weighted by molar-refractivity contribution is 9.10. The monoisotopic (exact) mass is 356 g/mol. The van der Waals surface area contributed by atoms with Crippen LogP contribution >= 0.6 is 15.9 Å². The highest BCUT2D eigenvalue weighted by Gasteiger charge is 2.28. The van der Waals surface area contributed by atoms with E-state index >= 15 is 0 Å². The van der Waals surface area contributed by atoms with Crippen molar-refractivity contribution in [2.45, 2.75) is 59.5 Å². The molecule has 1 atom stereocenters. The van der Waals surface area contributed by atoms with Crippen molar-refractivity contribution in [3.8, 4) is 5.75 Å². The Morgan fingerprint density at radius 1 is 1.29 bits per heavy atom. The largest absolute Gasteiger partial charge is 0.479 e. The second-order valence-corrected chi connectivity index (χ2v) is 8.22. The van der Waals surface area contributed by atoms with Gasteiger partial charge in [-0.2, -0.15) is 0 Å². The Hall–Kier alpha value is -1.03. The minimum absolute atomic E-state index is 0.0394. The van der Waals surface area contributed by atoms with E-state index in [1.807, 2.05) is 18.2 Å². The molecule has 3 nitrogen and oxygen atoms in total. The van der Waals surface area contributed by atoms with Gasteiger partial charge in [0.2, 0.25) is 0 Å². The molecule has 118 valence electrons. The smallest absolute Gasteiger partial charge is 0.344 e. The molecule has 0 bridgehead atoms. The number of carboxylic acids is 1. The van der Waals surface area contributed by atoms with E-state index in [2.05, 4.69) is 50.5 Å². The molecule has 0 aliphatic heterocycles. The lowest BCUT2D eigenvalue weighted by Gasteiger charge is -2.33. The minimum Gasteiger partial charge on any atom is -0.479 e. The molecule has 0 aliphatic rings. The van der Waals surface area contributed by atoms with Crippen molar-refractivity contribution in [1.82, 2.24) is 0 Å². The molecule has 0 aromatic heterocycles. The van der Waals surface area contributed by atoms with E-state index in [0.717, 1.165) is 10.9 Å². The Morgan fingerprint density at radius 3 is 2.29 bits per heavy atom. The maximum absolute atomic E-state index is 10.9. The molecule has 0 radical (unpaired) electrons. The van der Waals surface area contributed by atoms with E-state index < -0.39 is 12.1 Å². The lowest BCUT2D eigenvalue weighted by atomic mass is 9.72. The predicted molar refractivity (Wildman–Crippen MR) is 89.0 cm³/mol. The fourth-order valence-electron chi connectivity index (χ4n) is 2.69. The quantitative estimate of drug-likeness (QED) is 0.805. The Bertz CT molecular complexity index is 515. The van der Waals surface area contributed by atoms with Crippen LogP contribution in [0.5, 0.6) is 5.75 Å². The second-order valence-electron chi connectivity index (χ2n) is 7.36. The fraction of sp³-hybridized carbons (Fsp3) is 0.588. The van der Waals surface area contributed by atoms with Gasteiger partial charge in [0.25, 0.3) is 0 Å². The molecule has 1 rings (SSSR count). The summed E-state index contributed by atoms with van der Waals surface area (Å²) in [6.07, 6.45) is 0.188. The zero-order chi connectivity index (χ0) is 16.4. The third-order valence-corrected chi connectivity index (χ3v) is 3.96. The van der Waals surface area contributed by atoms with Crippen LogP contribution in [-0.2, 0) is 10.2 Å². The summed E-state index contributed by atoms with van der Waals surface area (Å²) in [6, 6.07) is 5.87. The van der Waals surface area contributed by atoms with Crippen LogP contribution in [0, 0.1) is 5.41 Å². The van der Waals surface area contributed by atoms with Crippen LogP contribution in [0.1, 0.15) is 53.5 Å². The lowest BCUT2D eigenvalue weighted by Crippen LogP contribution is -2.25. The number of hydrogen-bond donors (Lipinski definition) is 1. The van der Waals surface area contributed by atoms with Gasteiger partial charge in [0.05, 0.1) is 4.47 Å². The summed E-state index contributed by atoms with van der Waals surface area (Å²) in [7, 11) is 0. The number of carbonyl (C=O) groups is 1. The summed E-state index contributed by atoms with van der Waals surface area (Å²) < 4.78 is 6.22. The number of benzene rings is 1. The summed E-state index contributed by atoms with van der Waals surface area (Å²) in [5.41, 5.74) is 1.49. The molecule has 1 unspecified atom stereocenters. The van der Waals surface area contributed by atoms with Gasteiger partial charge in [-0.05, 0) is 57.8 Å². The molecule has 21 heavy (non-hydrogen) atoms. The van der Waals surface area contributed by atoms with E-state index in [1.54, 1.807) is 0 Å². The van der Waals surface area contributed by atoms with Crippen LogP contribution in [0.4, 0.5) is 0 Å². The van der Waals surface area contributed by atoms with Gasteiger partial charge >= 0.3 is 5.97 Å². The van der Waals surface area contributed by atoms with Gasteiger partial charge in [-0.3, -0.25) is 0 Å². The number of ether oxygens (including phenoxy) is 1. The predicted octanol–water partition coefficient (Wildman–Crippen LogP) is 5.01. The van der Waals surface area contributed by atoms with Crippen molar-refractivity contribution in [1.29, 1.82) is 0 Å². The number of rotatable bonds is 5. The highest BCUT2D eigenvalue weighted by atomic mass is 79.9. The van der Waals surface area contributed by atoms with Crippen molar-refractivity contribution < 1.29 is 14.6 Å². The minimum atomic E-state index is -0.973. The second kappa shape index (κ2) is 6.39. The molecule has 1 aromatic carbocycles. The van der Waals surface area contributed by atoms with Crippen LogP contribution in [0.15, 0.2) is 22.7 Å². The standard InChI is InChI=1S/C17H25BrO3/c1-11(15(19)20)21-14-8-7-12(9-13(14)18)17(5,6)10-16(2,3)4/h7-9,11H,10H2,1-6H3,(H,19,20). The van der Waals surface area contributed by atoms with Crippen LogP contribution in [0.2, 0.25) is 0 Å². The summed E-state index contributed by atoms with van der Waals surface area (Å²) in [5.74, 6) is -0.417. The summed E-state index contributed by atoms with van der Waals surface area (Å²) >= 11 is 3.48. The van der Waals surface area contributed by atoms with E-state index in [4.69, 9.17) is 9.84 Å². The number of aliphatic carboxylic acids is 1. The van der Waals surface area contributed by atoms with E-state index in [-0.39, 0.29) is 10.8 Å². The van der Waals surface area contributed by atoms with Gasteiger partial charge in [-0.15, -0.1) is 0 Å². The molecule has 0 fully saturated rings. The molecule has 1 aromatic rings. The van der Waals surface area contributed by atoms with Crippen LogP contribution in [0.3, 0.4) is 0 Å². The molecule has 0 spiro atoms. The first kappa shape index (κ1) is 18.0. The first-order valence-electron chi connectivity index (χ1n) is 7.12. The maximum Gasteiger partial charge on any atom is 0.344 e. The average molecular weight is 357 g/mol. The summed E-state index contributed by atoms with van der Waals surface area (Å²) in [4.78, 5) is 10.9. The van der Waals surface area contributed by atoms with E-state index in [0.29, 0.717) is 5.75 Å². The molecule has 0 heterocycles. The van der Waals surface area contributed by atoms with Crippen LogP contribution in [-0.4, -0.2) is 17.2 Å². The van der Waals surface area contributed by atoms with Crippen molar-refractivity contribution >= 4 is 21.9 Å². The Morgan fingerprint density at radius 2 is 1.86 bits per heavy atom. The zero-order valence-corrected chi connectivity index (χ0v) is 15.2. The van der Waals surface area contributed by atoms with Gasteiger partial charge in [0.15, 0.2) is 6.10 Å². The molecule has 0 amide bonds. The van der Waals surface area contributed by atoms with Crippen molar-refractivity contribution in [2.24, 2.45) is 5.41 Å². The van der Waals surface area contributed by atoms with Crippen molar-refractivity contribution in [2.75, 3.05) is 0 Å². The van der Waals surface area contributed by atoms with Crippen LogP contribution < -0.4 is 4.74 Å². The molecule has 0 aliphatic carbocycles. The first-order valence-corrected chi connectivity index (χ1v) is 7.91. The van der Waals surface area contributed by atoms with E-state index in [1.165, 1.54) is 12.5 Å². The SMILES string of the molecule is CC(Oc1ccc(C(C)(C)CC(C)(C)C)cc1Br)C(=O)O. The third-order valence-electron chi connectivity index (χ3n) is 3.34. The molecule has 1 N–H and O–H groups in total. The average Bonchev–Trinajstić information content (AvgIpc) is 2.28. The highest BCUT2D eigenvalue weighted by Crippen LogP contribution is 2.39. The van der Waals surface area contributed by atoms with Crippen molar-refractivity contribution in [3.05, 3.63) is 28.2 Å². The lowest BCUT2D eigenvalue weighted by molar-refractivity contribution is -0.144. The molecular weight excluding hydrogens is 332 g/mol. The van der Waals surface area contributed by atoms with Gasteiger partial charge in [-0.1, -0.05) is 40.7 Å².